The van der Waals surface area contributed by atoms with Crippen LogP contribution in [0.15, 0.2) is 16.9 Å². The molecule has 1 unspecified atom stereocenters. The maximum atomic E-state index is 12.0. The zero-order chi connectivity index (χ0) is 15.4. The number of rotatable bonds is 4. The van der Waals surface area contributed by atoms with Gasteiger partial charge in [-0.05, 0) is 15.9 Å². The van der Waals surface area contributed by atoms with Gasteiger partial charge in [-0.3, -0.25) is 9.59 Å². The molecule has 1 amide bonds. The minimum Gasteiger partial charge on any atom is -0.481 e. The van der Waals surface area contributed by atoms with E-state index in [-0.39, 0.29) is 12.3 Å². The third-order valence-corrected chi connectivity index (χ3v) is 3.60. The van der Waals surface area contributed by atoms with Crippen molar-refractivity contribution >= 4 is 33.8 Å². The average molecular weight is 358 g/mol. The van der Waals surface area contributed by atoms with Crippen LogP contribution in [0, 0.1) is 0 Å². The largest absolute Gasteiger partial charge is 0.481 e. The highest BCUT2D eigenvalue weighted by atomic mass is 79.9. The fourth-order valence-corrected chi connectivity index (χ4v) is 2.31. The van der Waals surface area contributed by atoms with E-state index < -0.39 is 12.0 Å². The molecule has 9 heteroatoms. The second-order valence-corrected chi connectivity index (χ2v) is 5.63. The van der Waals surface area contributed by atoms with Crippen LogP contribution in [0.3, 0.4) is 0 Å². The first-order chi connectivity index (χ1) is 9.97. The SMILES string of the molecule is NC(CC(=O)O)C(=O)N1CCN(c2ncc(Br)cn2)CC1. The van der Waals surface area contributed by atoms with Gasteiger partial charge in [0.2, 0.25) is 11.9 Å². The van der Waals surface area contributed by atoms with Gasteiger partial charge in [-0.1, -0.05) is 0 Å². The molecule has 0 bridgehead atoms. The van der Waals surface area contributed by atoms with Crippen LogP contribution in [0.25, 0.3) is 0 Å². The van der Waals surface area contributed by atoms with Crippen molar-refractivity contribution in [3.8, 4) is 0 Å². The summed E-state index contributed by atoms with van der Waals surface area (Å²) >= 11 is 3.28. The van der Waals surface area contributed by atoms with Crippen molar-refractivity contribution in [2.24, 2.45) is 5.73 Å². The van der Waals surface area contributed by atoms with Crippen LogP contribution in [-0.2, 0) is 9.59 Å². The molecular weight excluding hydrogens is 342 g/mol. The van der Waals surface area contributed by atoms with E-state index >= 15 is 0 Å². The van der Waals surface area contributed by atoms with Crippen molar-refractivity contribution in [1.29, 1.82) is 0 Å². The molecule has 21 heavy (non-hydrogen) atoms. The molecule has 2 rings (SSSR count). The monoisotopic (exact) mass is 357 g/mol. The number of carboxylic acids is 1. The van der Waals surface area contributed by atoms with Crippen LogP contribution in [-0.4, -0.2) is 64.1 Å². The maximum Gasteiger partial charge on any atom is 0.305 e. The van der Waals surface area contributed by atoms with Gasteiger partial charge >= 0.3 is 5.97 Å². The Kier molecular flexibility index (Phi) is 5.07. The van der Waals surface area contributed by atoms with Gasteiger partial charge < -0.3 is 20.6 Å². The van der Waals surface area contributed by atoms with Crippen molar-refractivity contribution in [1.82, 2.24) is 14.9 Å². The van der Waals surface area contributed by atoms with E-state index in [1.165, 1.54) is 0 Å². The van der Waals surface area contributed by atoms with Crippen LogP contribution < -0.4 is 10.6 Å². The van der Waals surface area contributed by atoms with Gasteiger partial charge in [0.15, 0.2) is 0 Å². The maximum absolute atomic E-state index is 12.0. The minimum absolute atomic E-state index is 0.325. The number of halogens is 1. The molecule has 2 heterocycles. The van der Waals surface area contributed by atoms with E-state index in [9.17, 15) is 9.59 Å². The second-order valence-electron chi connectivity index (χ2n) is 4.72. The number of hydrogen-bond acceptors (Lipinski definition) is 6. The predicted molar refractivity (Wildman–Crippen MR) is 78.8 cm³/mol. The molecule has 1 aromatic heterocycles. The quantitative estimate of drug-likeness (QED) is 0.759. The number of piperazine rings is 1. The summed E-state index contributed by atoms with van der Waals surface area (Å²) in [7, 11) is 0. The van der Waals surface area contributed by atoms with E-state index in [4.69, 9.17) is 10.8 Å². The van der Waals surface area contributed by atoms with E-state index in [1.807, 2.05) is 4.90 Å². The number of carboxylic acid groups (broad SMARTS) is 1. The zero-order valence-electron chi connectivity index (χ0n) is 11.3. The molecule has 0 spiro atoms. The van der Waals surface area contributed by atoms with Crippen LogP contribution >= 0.6 is 15.9 Å². The van der Waals surface area contributed by atoms with E-state index in [1.54, 1.807) is 17.3 Å². The molecule has 1 fully saturated rings. The molecule has 3 N–H and O–H groups in total. The molecule has 0 saturated carbocycles. The molecule has 1 atom stereocenters. The van der Waals surface area contributed by atoms with E-state index in [0.717, 1.165) is 4.47 Å². The third-order valence-electron chi connectivity index (χ3n) is 3.19. The standard InChI is InChI=1S/C12H16BrN5O3/c13-8-6-15-12(16-7-8)18-3-1-17(2-4-18)11(21)9(14)5-10(19)20/h6-7,9H,1-5,14H2,(H,19,20). The smallest absolute Gasteiger partial charge is 0.305 e. The summed E-state index contributed by atoms with van der Waals surface area (Å²) in [6.07, 6.45) is 2.99. The first-order valence-electron chi connectivity index (χ1n) is 6.46. The number of hydrogen-bond donors (Lipinski definition) is 2. The second kappa shape index (κ2) is 6.81. The summed E-state index contributed by atoms with van der Waals surface area (Å²) in [6.45, 7) is 2.14. The van der Waals surface area contributed by atoms with E-state index in [0.29, 0.717) is 32.1 Å². The fraction of sp³-hybridized carbons (Fsp3) is 0.500. The minimum atomic E-state index is -1.07. The summed E-state index contributed by atoms with van der Waals surface area (Å²) in [5, 5.41) is 8.66. The zero-order valence-corrected chi connectivity index (χ0v) is 12.9. The highest BCUT2D eigenvalue weighted by molar-refractivity contribution is 9.10. The third kappa shape index (κ3) is 4.11. The predicted octanol–water partition coefficient (Wildman–Crippen LogP) is -0.310. The number of nitrogens with zero attached hydrogens (tertiary/aromatic N) is 4. The molecule has 8 nitrogen and oxygen atoms in total. The molecule has 114 valence electrons. The van der Waals surface area contributed by atoms with Gasteiger partial charge in [0, 0.05) is 38.6 Å². The van der Waals surface area contributed by atoms with Crippen molar-refractivity contribution in [2.75, 3.05) is 31.1 Å². The number of anilines is 1. The Morgan fingerprint density at radius 2 is 1.86 bits per heavy atom. The fourth-order valence-electron chi connectivity index (χ4n) is 2.11. The van der Waals surface area contributed by atoms with Crippen molar-refractivity contribution in [3.63, 3.8) is 0 Å². The molecule has 0 aromatic carbocycles. The number of amides is 1. The highest BCUT2D eigenvalue weighted by Gasteiger charge is 2.27. The first-order valence-corrected chi connectivity index (χ1v) is 7.25. The van der Waals surface area contributed by atoms with Crippen LogP contribution in [0.1, 0.15) is 6.42 Å². The van der Waals surface area contributed by atoms with Gasteiger partial charge in [-0.25, -0.2) is 9.97 Å². The molecule has 1 aromatic rings. The lowest BCUT2D eigenvalue weighted by molar-refractivity contribution is -0.142. The molecule has 0 radical (unpaired) electrons. The average Bonchev–Trinajstić information content (AvgIpc) is 2.47. The van der Waals surface area contributed by atoms with Gasteiger partial charge in [-0.15, -0.1) is 0 Å². The van der Waals surface area contributed by atoms with Crippen LogP contribution in [0.5, 0.6) is 0 Å². The van der Waals surface area contributed by atoms with Gasteiger partial charge in [0.1, 0.15) is 0 Å². The number of aliphatic carboxylic acids is 1. The molecule has 0 aliphatic carbocycles. The van der Waals surface area contributed by atoms with Gasteiger partial charge in [0.25, 0.3) is 0 Å². The molecule has 1 aliphatic rings. The summed E-state index contributed by atoms with van der Waals surface area (Å²) in [4.78, 5) is 34.6. The van der Waals surface area contributed by atoms with Crippen molar-refractivity contribution in [3.05, 3.63) is 16.9 Å². The Hall–Kier alpha value is -1.74. The van der Waals surface area contributed by atoms with Crippen molar-refractivity contribution < 1.29 is 14.7 Å². The van der Waals surface area contributed by atoms with Crippen LogP contribution in [0.4, 0.5) is 5.95 Å². The Labute approximate surface area is 130 Å². The number of aromatic nitrogens is 2. The summed E-state index contributed by atoms with van der Waals surface area (Å²) < 4.78 is 0.805. The number of nitrogens with two attached hydrogens (primary N) is 1. The topological polar surface area (TPSA) is 113 Å². The Balaban J connectivity index is 1.89. The lowest BCUT2D eigenvalue weighted by atomic mass is 10.2. The highest BCUT2D eigenvalue weighted by Crippen LogP contribution is 2.13. The van der Waals surface area contributed by atoms with Gasteiger partial charge in [-0.2, -0.15) is 0 Å². The van der Waals surface area contributed by atoms with Crippen LogP contribution in [0.2, 0.25) is 0 Å². The number of carbonyl (C=O) groups excluding carboxylic acids is 1. The summed E-state index contributed by atoms with van der Waals surface area (Å²) in [5.74, 6) is -0.786. The molecule has 1 aliphatic heterocycles. The number of carbonyl (C=O) groups is 2. The lowest BCUT2D eigenvalue weighted by Crippen LogP contribution is -2.53. The van der Waals surface area contributed by atoms with Crippen molar-refractivity contribution in [2.45, 2.75) is 12.5 Å². The summed E-state index contributed by atoms with van der Waals surface area (Å²) in [5.41, 5.74) is 5.60. The Morgan fingerprint density at radius 3 is 2.38 bits per heavy atom. The Morgan fingerprint density at radius 1 is 1.29 bits per heavy atom. The van der Waals surface area contributed by atoms with Gasteiger partial charge in [0.05, 0.1) is 16.9 Å². The molecular formula is C12H16BrN5O3. The Bertz CT molecular complexity index is 516. The first kappa shape index (κ1) is 15.6. The summed E-state index contributed by atoms with van der Waals surface area (Å²) in [6, 6.07) is -0.988. The lowest BCUT2D eigenvalue weighted by Gasteiger charge is -2.35. The molecule has 1 saturated heterocycles. The van der Waals surface area contributed by atoms with E-state index in [2.05, 4.69) is 25.9 Å². The normalized spacial score (nSPS) is 16.7.